The molecule has 5 heteroatoms. The topological polar surface area (TPSA) is 47.0 Å². The van der Waals surface area contributed by atoms with Crippen molar-refractivity contribution in [1.29, 1.82) is 0 Å². The molecule has 0 unspecified atom stereocenters. The Hall–Kier alpha value is -2.01. The molecule has 0 aliphatic rings. The van der Waals surface area contributed by atoms with E-state index in [1.807, 2.05) is 25.1 Å². The van der Waals surface area contributed by atoms with Gasteiger partial charge >= 0.3 is 0 Å². The predicted octanol–water partition coefficient (Wildman–Crippen LogP) is 2.74. The van der Waals surface area contributed by atoms with E-state index in [2.05, 4.69) is 27.4 Å². The van der Waals surface area contributed by atoms with Gasteiger partial charge in [-0.05, 0) is 24.9 Å². The molecule has 0 bridgehead atoms. The van der Waals surface area contributed by atoms with E-state index in [0.717, 1.165) is 19.5 Å². The summed E-state index contributed by atoms with van der Waals surface area (Å²) in [5, 5.41) is 3.32. The van der Waals surface area contributed by atoms with Gasteiger partial charge in [0.1, 0.15) is 6.33 Å². The third-order valence-corrected chi connectivity index (χ3v) is 3.07. The van der Waals surface area contributed by atoms with Crippen LogP contribution in [0.1, 0.15) is 24.6 Å². The van der Waals surface area contributed by atoms with Gasteiger partial charge in [-0.15, -0.1) is 0 Å². The maximum Gasteiger partial charge on any atom is 0.253 e. The molecule has 2 rings (SSSR count). The Kier molecular flexibility index (Phi) is 6.09. The van der Waals surface area contributed by atoms with Crippen LogP contribution in [0.2, 0.25) is 0 Å². The summed E-state index contributed by atoms with van der Waals surface area (Å²) in [4.78, 5) is 7.69. The smallest absolute Gasteiger partial charge is 0.253 e. The molecule has 1 aromatic carbocycles. The van der Waals surface area contributed by atoms with Gasteiger partial charge in [0.25, 0.3) is 5.88 Å². The Morgan fingerprint density at radius 3 is 2.76 bits per heavy atom. The molecule has 0 radical (unpaired) electrons. The number of halogens is 1. The Bertz CT molecular complexity index is 548. The Morgan fingerprint density at radius 1 is 1.19 bits per heavy atom. The minimum absolute atomic E-state index is 0.0462. The first-order valence-electron chi connectivity index (χ1n) is 7.18. The average molecular weight is 289 g/mol. The summed E-state index contributed by atoms with van der Waals surface area (Å²) in [5.74, 6) is -0.401. The number of ether oxygens (including phenoxy) is 1. The minimum Gasteiger partial charge on any atom is -0.475 e. The molecule has 21 heavy (non-hydrogen) atoms. The molecule has 0 aliphatic heterocycles. The fourth-order valence-electron chi connectivity index (χ4n) is 1.93. The van der Waals surface area contributed by atoms with Gasteiger partial charge in [0.05, 0.1) is 12.3 Å². The fraction of sp³-hybridized carbons (Fsp3) is 0.375. The second kappa shape index (κ2) is 8.32. The molecule has 1 aromatic heterocycles. The predicted molar refractivity (Wildman–Crippen MR) is 79.6 cm³/mol. The van der Waals surface area contributed by atoms with Crippen molar-refractivity contribution in [1.82, 2.24) is 15.3 Å². The summed E-state index contributed by atoms with van der Waals surface area (Å²) in [6.07, 6.45) is 2.66. The first-order chi connectivity index (χ1) is 10.3. The van der Waals surface area contributed by atoms with Gasteiger partial charge in [-0.2, -0.15) is 9.37 Å². The van der Waals surface area contributed by atoms with Crippen LogP contribution in [0.3, 0.4) is 0 Å². The second-order valence-electron chi connectivity index (χ2n) is 4.66. The molecule has 0 aliphatic carbocycles. The number of rotatable bonds is 8. The Balaban J connectivity index is 1.66. The highest BCUT2D eigenvalue weighted by atomic mass is 19.1. The monoisotopic (exact) mass is 289 g/mol. The minimum atomic E-state index is -0.447. The van der Waals surface area contributed by atoms with E-state index in [1.165, 1.54) is 11.9 Å². The molecule has 0 amide bonds. The summed E-state index contributed by atoms with van der Waals surface area (Å²) in [6, 6.07) is 10.2. The lowest BCUT2D eigenvalue weighted by Gasteiger charge is -2.08. The van der Waals surface area contributed by atoms with Gasteiger partial charge in [0, 0.05) is 6.54 Å². The lowest BCUT2D eigenvalue weighted by molar-refractivity contribution is 0.278. The van der Waals surface area contributed by atoms with Crippen LogP contribution < -0.4 is 10.1 Å². The van der Waals surface area contributed by atoms with Crippen LogP contribution in [-0.4, -0.2) is 23.1 Å². The molecule has 1 N–H and O–H groups in total. The van der Waals surface area contributed by atoms with Crippen LogP contribution in [0.25, 0.3) is 0 Å². The van der Waals surface area contributed by atoms with Gasteiger partial charge in [-0.1, -0.05) is 37.3 Å². The van der Waals surface area contributed by atoms with E-state index in [4.69, 9.17) is 4.74 Å². The molecule has 2 aromatic rings. The van der Waals surface area contributed by atoms with E-state index in [1.54, 1.807) is 0 Å². The van der Waals surface area contributed by atoms with Gasteiger partial charge < -0.3 is 10.1 Å². The van der Waals surface area contributed by atoms with Crippen LogP contribution in [0.4, 0.5) is 4.39 Å². The standard InChI is InChI=1S/C16H20FN3O/c1-2-14-15(17)16(20-12-19-14)21-10-6-9-18-11-13-7-4-3-5-8-13/h3-5,7-8,12,18H,2,6,9-11H2,1H3. The quantitative estimate of drug-likeness (QED) is 0.759. The van der Waals surface area contributed by atoms with Crippen molar-refractivity contribution in [3.05, 3.63) is 53.7 Å². The molecule has 0 fully saturated rings. The van der Waals surface area contributed by atoms with E-state index in [-0.39, 0.29) is 5.88 Å². The summed E-state index contributed by atoms with van der Waals surface area (Å²) < 4.78 is 19.2. The van der Waals surface area contributed by atoms with Crippen molar-refractivity contribution in [2.24, 2.45) is 0 Å². The Labute approximate surface area is 124 Å². The highest BCUT2D eigenvalue weighted by Gasteiger charge is 2.10. The normalized spacial score (nSPS) is 10.6. The number of aromatic nitrogens is 2. The fourth-order valence-corrected chi connectivity index (χ4v) is 1.93. The van der Waals surface area contributed by atoms with Crippen LogP contribution in [-0.2, 0) is 13.0 Å². The van der Waals surface area contributed by atoms with Crippen molar-refractivity contribution in [2.45, 2.75) is 26.3 Å². The number of hydrogen-bond donors (Lipinski definition) is 1. The second-order valence-corrected chi connectivity index (χ2v) is 4.66. The molecule has 1 heterocycles. The molecular weight excluding hydrogens is 269 g/mol. The SMILES string of the molecule is CCc1ncnc(OCCCNCc2ccccc2)c1F. The third kappa shape index (κ3) is 4.79. The van der Waals surface area contributed by atoms with Crippen molar-refractivity contribution >= 4 is 0 Å². The first kappa shape index (κ1) is 15.4. The van der Waals surface area contributed by atoms with E-state index >= 15 is 0 Å². The van der Waals surface area contributed by atoms with Gasteiger partial charge in [0.2, 0.25) is 5.82 Å². The average Bonchev–Trinajstić information content (AvgIpc) is 2.53. The van der Waals surface area contributed by atoms with Crippen molar-refractivity contribution in [3.63, 3.8) is 0 Å². The zero-order valence-electron chi connectivity index (χ0n) is 12.2. The van der Waals surface area contributed by atoms with Crippen LogP contribution in [0, 0.1) is 5.82 Å². The van der Waals surface area contributed by atoms with Crippen LogP contribution >= 0.6 is 0 Å². The Morgan fingerprint density at radius 2 is 2.00 bits per heavy atom. The maximum atomic E-state index is 13.8. The van der Waals surface area contributed by atoms with Crippen LogP contribution in [0.15, 0.2) is 36.7 Å². The molecular formula is C16H20FN3O. The number of hydrogen-bond acceptors (Lipinski definition) is 4. The molecule has 4 nitrogen and oxygen atoms in total. The summed E-state index contributed by atoms with van der Waals surface area (Å²) in [6.45, 7) is 3.91. The van der Waals surface area contributed by atoms with Gasteiger partial charge in [0.15, 0.2) is 0 Å². The van der Waals surface area contributed by atoms with Crippen LogP contribution in [0.5, 0.6) is 5.88 Å². The zero-order chi connectivity index (χ0) is 14.9. The summed E-state index contributed by atoms with van der Waals surface area (Å²) in [7, 11) is 0. The number of nitrogens with one attached hydrogen (secondary N) is 1. The molecule has 0 saturated carbocycles. The lowest BCUT2D eigenvalue weighted by Crippen LogP contribution is -2.17. The van der Waals surface area contributed by atoms with Crippen molar-refractivity contribution in [2.75, 3.05) is 13.2 Å². The number of benzene rings is 1. The van der Waals surface area contributed by atoms with Gasteiger partial charge in [-0.3, -0.25) is 0 Å². The zero-order valence-corrected chi connectivity index (χ0v) is 12.2. The summed E-state index contributed by atoms with van der Waals surface area (Å²) >= 11 is 0. The highest BCUT2D eigenvalue weighted by molar-refractivity contribution is 5.17. The largest absolute Gasteiger partial charge is 0.475 e. The number of aryl methyl sites for hydroxylation is 1. The molecule has 0 spiro atoms. The van der Waals surface area contributed by atoms with Gasteiger partial charge in [-0.25, -0.2) is 4.98 Å². The molecule has 0 saturated heterocycles. The summed E-state index contributed by atoms with van der Waals surface area (Å²) in [5.41, 5.74) is 1.63. The van der Waals surface area contributed by atoms with E-state index in [0.29, 0.717) is 18.7 Å². The van der Waals surface area contributed by atoms with E-state index in [9.17, 15) is 4.39 Å². The third-order valence-electron chi connectivity index (χ3n) is 3.07. The lowest BCUT2D eigenvalue weighted by atomic mass is 10.2. The first-order valence-corrected chi connectivity index (χ1v) is 7.18. The molecule has 112 valence electrons. The highest BCUT2D eigenvalue weighted by Crippen LogP contribution is 2.15. The molecule has 0 atom stereocenters. The number of nitrogens with zero attached hydrogens (tertiary/aromatic N) is 2. The van der Waals surface area contributed by atoms with Crippen molar-refractivity contribution < 1.29 is 9.13 Å². The van der Waals surface area contributed by atoms with Crippen molar-refractivity contribution in [3.8, 4) is 5.88 Å². The maximum absolute atomic E-state index is 13.8. The van der Waals surface area contributed by atoms with E-state index < -0.39 is 5.82 Å².